The summed E-state index contributed by atoms with van der Waals surface area (Å²) in [5.41, 5.74) is 0. The lowest BCUT2D eigenvalue weighted by Crippen LogP contribution is -2.66. The number of carbonyl (C=O) groups is 1. The number of ether oxygens (including phenoxy) is 6. The Morgan fingerprint density at radius 3 is 0.936 bits per heavy atom. The Hall–Kier alpha value is -1.99. The molecule has 3 rings (SSSR count). The van der Waals surface area contributed by atoms with E-state index in [1.54, 1.807) is 0 Å². The van der Waals surface area contributed by atoms with E-state index in [0.29, 0.717) is 12.8 Å². The Balaban J connectivity index is 1.31. The number of amides is 1. The Labute approximate surface area is 670 Å². The van der Waals surface area contributed by atoms with Crippen molar-refractivity contribution in [2.45, 2.75) is 510 Å². The molecule has 3 aliphatic heterocycles. The summed E-state index contributed by atoms with van der Waals surface area (Å²) in [5.74, 6) is -0.235. The summed E-state index contributed by atoms with van der Waals surface area (Å²) in [4.78, 5) is 13.6. The highest BCUT2D eigenvalue weighted by molar-refractivity contribution is 5.76. The fraction of sp³-hybridized carbons (Fsp3) is 0.923. The van der Waals surface area contributed by atoms with Gasteiger partial charge in [-0.25, -0.2) is 0 Å². The first kappa shape index (κ1) is 102. The zero-order chi connectivity index (χ0) is 79.5. The zero-order valence-corrected chi connectivity index (χ0v) is 70.0. The minimum absolute atomic E-state index is 0.235. The van der Waals surface area contributed by atoms with Gasteiger partial charge in [-0.15, -0.1) is 0 Å². The Morgan fingerprint density at radius 1 is 0.327 bits per heavy atom. The SMILES string of the molecule is CCCCCCC/C=C\C/C=C\C/C=C\CCCCCCCCCCCCCCCCCCCCC(=O)NC(COC1OC(CO)C(OC2OC(CO)C(OC3OC(CO)C(O)C(O)C3O)C(O)C2O)C(O)C1O)C(O)CCCCCCCCCCCCCCCCCCCCCCCCCCCCCCCCCC. The van der Waals surface area contributed by atoms with Crippen molar-refractivity contribution in [1.82, 2.24) is 5.32 Å². The molecule has 0 aliphatic carbocycles. The largest absolute Gasteiger partial charge is 0.394 e. The number of aliphatic hydroxyl groups is 11. The molecule has 19 heteroatoms. The van der Waals surface area contributed by atoms with Gasteiger partial charge in [0.05, 0.1) is 38.6 Å². The van der Waals surface area contributed by atoms with Crippen molar-refractivity contribution in [1.29, 1.82) is 0 Å². The van der Waals surface area contributed by atoms with Crippen molar-refractivity contribution >= 4 is 5.91 Å². The van der Waals surface area contributed by atoms with Gasteiger partial charge in [-0.05, 0) is 51.4 Å². The van der Waals surface area contributed by atoms with Gasteiger partial charge in [0.2, 0.25) is 5.91 Å². The van der Waals surface area contributed by atoms with Crippen LogP contribution in [0, 0.1) is 0 Å². The van der Waals surface area contributed by atoms with Crippen LogP contribution in [-0.2, 0) is 33.2 Å². The van der Waals surface area contributed by atoms with Crippen LogP contribution in [-0.4, -0.2) is 193 Å². The molecule has 3 aliphatic rings. The molecule has 0 aromatic rings. The second-order valence-electron chi connectivity index (χ2n) is 33.1. The monoisotopic (exact) mass is 1570 g/mol. The van der Waals surface area contributed by atoms with E-state index in [9.17, 15) is 61.0 Å². The average Bonchev–Trinajstić information content (AvgIpc) is 0.780. The number of carbonyl (C=O) groups excluding carboxylic acids is 1. The van der Waals surface area contributed by atoms with Gasteiger partial charge in [-0.1, -0.05) is 384 Å². The van der Waals surface area contributed by atoms with Gasteiger partial charge in [-0.3, -0.25) is 4.79 Å². The summed E-state index contributed by atoms with van der Waals surface area (Å²) in [6.07, 6.45) is 64.0. The minimum Gasteiger partial charge on any atom is -0.394 e. The highest BCUT2D eigenvalue weighted by Gasteiger charge is 2.54. The fourth-order valence-corrected chi connectivity index (χ4v) is 15.9. The lowest BCUT2D eigenvalue weighted by Gasteiger charge is -2.48. The predicted molar refractivity (Wildman–Crippen MR) is 443 cm³/mol. The molecular formula is C91H171NO18. The van der Waals surface area contributed by atoms with Crippen LogP contribution in [0.5, 0.6) is 0 Å². The quantitative estimate of drug-likeness (QED) is 0.0199. The van der Waals surface area contributed by atoms with E-state index in [-0.39, 0.29) is 18.9 Å². The second-order valence-corrected chi connectivity index (χ2v) is 33.1. The topological polar surface area (TPSA) is 307 Å². The molecule has 648 valence electrons. The molecule has 17 unspecified atom stereocenters. The fourth-order valence-electron chi connectivity index (χ4n) is 15.9. The summed E-state index contributed by atoms with van der Waals surface area (Å²) in [5, 5.41) is 121. The highest BCUT2D eigenvalue weighted by Crippen LogP contribution is 2.34. The van der Waals surface area contributed by atoms with Crippen LogP contribution in [0.3, 0.4) is 0 Å². The third kappa shape index (κ3) is 49.3. The van der Waals surface area contributed by atoms with Gasteiger partial charge in [-0.2, -0.15) is 0 Å². The summed E-state index contributed by atoms with van der Waals surface area (Å²) in [6, 6.07) is -0.889. The van der Waals surface area contributed by atoms with Crippen LogP contribution in [0.4, 0.5) is 0 Å². The van der Waals surface area contributed by atoms with E-state index in [4.69, 9.17) is 28.4 Å². The van der Waals surface area contributed by atoms with Gasteiger partial charge in [0.25, 0.3) is 0 Å². The van der Waals surface area contributed by atoms with Crippen LogP contribution >= 0.6 is 0 Å². The number of allylic oxidation sites excluding steroid dienone is 6. The molecule has 0 saturated carbocycles. The van der Waals surface area contributed by atoms with Crippen LogP contribution in [0.2, 0.25) is 0 Å². The molecule has 0 bridgehead atoms. The van der Waals surface area contributed by atoms with E-state index in [1.807, 2.05) is 0 Å². The first-order valence-corrected chi connectivity index (χ1v) is 46.2. The lowest BCUT2D eigenvalue weighted by atomic mass is 9.96. The second kappa shape index (κ2) is 71.1. The molecule has 17 atom stereocenters. The molecule has 12 N–H and O–H groups in total. The van der Waals surface area contributed by atoms with E-state index < -0.39 is 124 Å². The maximum Gasteiger partial charge on any atom is 0.220 e. The van der Waals surface area contributed by atoms with E-state index in [0.717, 1.165) is 57.8 Å². The van der Waals surface area contributed by atoms with E-state index >= 15 is 0 Å². The number of unbranched alkanes of at least 4 members (excludes halogenated alkanes) is 54. The highest BCUT2D eigenvalue weighted by atomic mass is 16.8. The molecule has 1 amide bonds. The normalized spacial score (nSPS) is 25.3. The van der Waals surface area contributed by atoms with Crippen molar-refractivity contribution < 1.29 is 89.4 Å². The number of hydrogen-bond donors (Lipinski definition) is 12. The Kier molecular flexibility index (Phi) is 66.1. The van der Waals surface area contributed by atoms with E-state index in [2.05, 4.69) is 55.6 Å². The predicted octanol–water partition coefficient (Wildman–Crippen LogP) is 17.8. The van der Waals surface area contributed by atoms with Crippen molar-refractivity contribution in [2.75, 3.05) is 26.4 Å². The zero-order valence-electron chi connectivity index (χ0n) is 70.0. The standard InChI is InChI=1S/C91H171NO18/c1-3-5-7-9-11-13-15-17-19-21-23-25-27-29-31-33-35-37-39-41-43-45-47-49-51-53-55-57-59-61-63-65-67-69-79(97)92-74(75(96)68-66-64-62-60-58-56-54-52-50-48-46-44-42-40-38-36-34-32-30-28-26-24-22-20-18-16-14-12-10-8-6-4-2)73-105-89-85(103)82(100)87(77(71-94)107-89)110-91-86(104)83(101)88(78(72-95)108-91)109-90-84(102)81(99)80(98)76(70-93)106-90/h15,17,21,23,27,29,74-78,80-91,93-96,98-104H,3-14,16,18-20,22,24-26,28,30-73H2,1-2H3,(H,92,97)/b17-15-,23-21-,29-27-. The minimum atomic E-state index is -1.97. The van der Waals surface area contributed by atoms with E-state index in [1.165, 1.54) is 315 Å². The molecular weight excluding hydrogens is 1390 g/mol. The van der Waals surface area contributed by atoms with Gasteiger partial charge in [0.1, 0.15) is 73.2 Å². The number of nitrogens with one attached hydrogen (secondary N) is 1. The van der Waals surface area contributed by atoms with Crippen LogP contribution < -0.4 is 5.32 Å². The molecule has 3 fully saturated rings. The first-order chi connectivity index (χ1) is 53.8. The maximum absolute atomic E-state index is 13.6. The molecule has 0 spiro atoms. The van der Waals surface area contributed by atoms with Crippen molar-refractivity contribution in [3.05, 3.63) is 36.5 Å². The summed E-state index contributed by atoms with van der Waals surface area (Å²) < 4.78 is 34.6. The summed E-state index contributed by atoms with van der Waals surface area (Å²) >= 11 is 0. The van der Waals surface area contributed by atoms with Crippen LogP contribution in [0.25, 0.3) is 0 Å². The Bertz CT molecular complexity index is 2120. The van der Waals surface area contributed by atoms with Crippen molar-refractivity contribution in [3.63, 3.8) is 0 Å². The van der Waals surface area contributed by atoms with Crippen molar-refractivity contribution in [3.8, 4) is 0 Å². The lowest BCUT2D eigenvalue weighted by molar-refractivity contribution is -0.379. The summed E-state index contributed by atoms with van der Waals surface area (Å²) in [7, 11) is 0. The summed E-state index contributed by atoms with van der Waals surface area (Å²) in [6.45, 7) is 1.86. The smallest absolute Gasteiger partial charge is 0.220 e. The van der Waals surface area contributed by atoms with Gasteiger partial charge in [0, 0.05) is 6.42 Å². The maximum atomic E-state index is 13.6. The molecule has 0 aromatic heterocycles. The third-order valence-electron chi connectivity index (χ3n) is 23.2. The molecule has 3 saturated heterocycles. The molecule has 0 radical (unpaired) electrons. The molecule has 19 nitrogen and oxygen atoms in total. The Morgan fingerprint density at radius 2 is 0.600 bits per heavy atom. The average molecular weight is 1570 g/mol. The molecule has 110 heavy (non-hydrogen) atoms. The van der Waals surface area contributed by atoms with Crippen LogP contribution in [0.1, 0.15) is 406 Å². The number of aliphatic hydroxyl groups excluding tert-OH is 11. The van der Waals surface area contributed by atoms with Crippen molar-refractivity contribution in [2.24, 2.45) is 0 Å². The third-order valence-corrected chi connectivity index (χ3v) is 23.2. The van der Waals surface area contributed by atoms with Gasteiger partial charge >= 0.3 is 0 Å². The molecule has 3 heterocycles. The first-order valence-electron chi connectivity index (χ1n) is 46.2. The van der Waals surface area contributed by atoms with Gasteiger partial charge < -0.3 is 89.9 Å². The molecule has 0 aromatic carbocycles. The van der Waals surface area contributed by atoms with Crippen LogP contribution in [0.15, 0.2) is 36.5 Å². The van der Waals surface area contributed by atoms with Gasteiger partial charge in [0.15, 0.2) is 18.9 Å². The number of hydrogen-bond acceptors (Lipinski definition) is 18. The number of rotatable bonds is 76.